The second kappa shape index (κ2) is 4.53. The molecule has 1 aliphatic rings. The Hall–Kier alpha value is -0.910. The average molecular weight is 241 g/mol. The Morgan fingerprint density at radius 1 is 1.31 bits per heavy atom. The monoisotopic (exact) mass is 241 g/mol. The maximum atomic E-state index is 11.7. The Labute approximate surface area is 95.4 Å². The number of rotatable bonds is 5. The van der Waals surface area contributed by atoms with E-state index in [0.717, 1.165) is 18.4 Å². The second-order valence-corrected chi connectivity index (χ2v) is 6.00. The minimum absolute atomic E-state index is 0.226. The molecule has 0 amide bonds. The van der Waals surface area contributed by atoms with Gasteiger partial charge >= 0.3 is 0 Å². The summed E-state index contributed by atoms with van der Waals surface area (Å²) in [6.45, 7) is -0.226. The average Bonchev–Trinajstić information content (AvgIpc) is 3.11. The molecule has 4 nitrogen and oxygen atoms in total. The molecule has 0 heterocycles. The fourth-order valence-corrected chi connectivity index (χ4v) is 3.13. The van der Waals surface area contributed by atoms with Gasteiger partial charge in [0.15, 0.2) is 0 Å². The van der Waals surface area contributed by atoms with Gasteiger partial charge in [-0.25, -0.2) is 13.1 Å². The van der Waals surface area contributed by atoms with E-state index in [1.807, 2.05) is 18.2 Å². The zero-order valence-corrected chi connectivity index (χ0v) is 9.65. The summed E-state index contributed by atoms with van der Waals surface area (Å²) in [5.41, 5.74) is 0.786. The molecule has 2 rings (SSSR count). The van der Waals surface area contributed by atoms with Gasteiger partial charge in [0.25, 0.3) is 0 Å². The highest BCUT2D eigenvalue weighted by Gasteiger charge is 2.37. The van der Waals surface area contributed by atoms with Gasteiger partial charge in [-0.3, -0.25) is 0 Å². The van der Waals surface area contributed by atoms with Gasteiger partial charge in [0.1, 0.15) is 0 Å². The lowest BCUT2D eigenvalue weighted by Crippen LogP contribution is -2.33. The zero-order chi connectivity index (χ0) is 11.6. The van der Waals surface area contributed by atoms with Crippen LogP contribution in [0.15, 0.2) is 30.3 Å². The number of nitrogens with one attached hydrogen (secondary N) is 1. The molecule has 0 bridgehead atoms. The predicted molar refractivity (Wildman–Crippen MR) is 61.3 cm³/mol. The summed E-state index contributed by atoms with van der Waals surface area (Å²) in [6, 6.07) is 8.57. The summed E-state index contributed by atoms with van der Waals surface area (Å²) >= 11 is 0. The summed E-state index contributed by atoms with van der Waals surface area (Å²) in [5.74, 6) is 0. The van der Waals surface area contributed by atoms with E-state index in [2.05, 4.69) is 4.72 Å². The van der Waals surface area contributed by atoms with Gasteiger partial charge < -0.3 is 5.11 Å². The molecule has 1 aromatic carbocycles. The third kappa shape index (κ3) is 2.61. The molecule has 1 fully saturated rings. The Balaban J connectivity index is 2.12. The van der Waals surface area contributed by atoms with Crippen LogP contribution in [0, 0.1) is 0 Å². The van der Waals surface area contributed by atoms with Crippen molar-refractivity contribution in [2.75, 3.05) is 6.61 Å². The fraction of sp³-hybridized carbons (Fsp3) is 0.455. The molecular weight excluding hydrogens is 226 g/mol. The number of aliphatic hydroxyl groups is 1. The van der Waals surface area contributed by atoms with Gasteiger partial charge in [0.2, 0.25) is 10.0 Å². The molecule has 1 aliphatic carbocycles. The first-order valence-corrected chi connectivity index (χ1v) is 6.85. The molecule has 1 atom stereocenters. The Kier molecular flexibility index (Phi) is 3.28. The largest absolute Gasteiger partial charge is 0.394 e. The normalized spacial score (nSPS) is 18.3. The van der Waals surface area contributed by atoms with Crippen LogP contribution in [0.1, 0.15) is 24.4 Å². The lowest BCUT2D eigenvalue weighted by atomic mass is 10.1. The van der Waals surface area contributed by atoms with Crippen LogP contribution in [0.5, 0.6) is 0 Å². The van der Waals surface area contributed by atoms with Gasteiger partial charge in [-0.05, 0) is 18.4 Å². The quantitative estimate of drug-likeness (QED) is 0.801. The topological polar surface area (TPSA) is 66.4 Å². The van der Waals surface area contributed by atoms with Crippen molar-refractivity contribution in [3.63, 3.8) is 0 Å². The summed E-state index contributed by atoms with van der Waals surface area (Å²) < 4.78 is 26.0. The van der Waals surface area contributed by atoms with E-state index < -0.39 is 16.1 Å². The predicted octanol–water partition coefficient (Wildman–Crippen LogP) is 0.802. The molecule has 88 valence electrons. The third-order valence-electron chi connectivity index (χ3n) is 2.65. The smallest absolute Gasteiger partial charge is 0.215 e. The van der Waals surface area contributed by atoms with Crippen LogP contribution in [0.25, 0.3) is 0 Å². The van der Waals surface area contributed by atoms with Crippen LogP contribution in [0.2, 0.25) is 0 Å². The number of aliphatic hydroxyl groups excluding tert-OH is 1. The molecule has 2 N–H and O–H groups in total. The first-order valence-electron chi connectivity index (χ1n) is 5.30. The summed E-state index contributed by atoms with van der Waals surface area (Å²) in [6.07, 6.45) is 1.45. The Morgan fingerprint density at radius 2 is 1.94 bits per heavy atom. The number of benzene rings is 1. The molecule has 0 spiro atoms. The van der Waals surface area contributed by atoms with Crippen LogP contribution >= 0.6 is 0 Å². The van der Waals surface area contributed by atoms with Gasteiger partial charge in [-0.15, -0.1) is 0 Å². The highest BCUT2D eigenvalue weighted by Crippen LogP contribution is 2.29. The molecule has 0 aromatic heterocycles. The molecular formula is C11H15NO3S. The van der Waals surface area contributed by atoms with E-state index in [4.69, 9.17) is 0 Å². The van der Waals surface area contributed by atoms with E-state index in [0.29, 0.717) is 0 Å². The summed E-state index contributed by atoms with van der Waals surface area (Å²) in [4.78, 5) is 0. The Morgan fingerprint density at radius 3 is 2.44 bits per heavy atom. The van der Waals surface area contributed by atoms with Gasteiger partial charge in [0.05, 0.1) is 17.9 Å². The van der Waals surface area contributed by atoms with Crippen LogP contribution in [0.4, 0.5) is 0 Å². The van der Waals surface area contributed by atoms with Crippen LogP contribution in [-0.2, 0) is 10.0 Å². The highest BCUT2D eigenvalue weighted by atomic mass is 32.2. The molecule has 0 unspecified atom stereocenters. The van der Waals surface area contributed by atoms with Crippen molar-refractivity contribution in [2.45, 2.75) is 24.1 Å². The van der Waals surface area contributed by atoms with Gasteiger partial charge in [0, 0.05) is 0 Å². The molecule has 0 saturated heterocycles. The van der Waals surface area contributed by atoms with Crippen molar-refractivity contribution in [1.29, 1.82) is 0 Å². The molecule has 16 heavy (non-hydrogen) atoms. The third-order valence-corrected chi connectivity index (χ3v) is 4.62. The van der Waals surface area contributed by atoms with Crippen molar-refractivity contribution < 1.29 is 13.5 Å². The first-order chi connectivity index (χ1) is 7.63. The van der Waals surface area contributed by atoms with Crippen LogP contribution in [-0.4, -0.2) is 25.4 Å². The van der Waals surface area contributed by atoms with Crippen molar-refractivity contribution in [1.82, 2.24) is 4.72 Å². The lowest BCUT2D eigenvalue weighted by Gasteiger charge is -2.16. The lowest BCUT2D eigenvalue weighted by molar-refractivity contribution is 0.259. The summed E-state index contributed by atoms with van der Waals surface area (Å²) in [7, 11) is -3.26. The van der Waals surface area contributed by atoms with Crippen molar-refractivity contribution in [3.8, 4) is 0 Å². The molecule has 5 heteroatoms. The van der Waals surface area contributed by atoms with E-state index >= 15 is 0 Å². The number of hydrogen-bond acceptors (Lipinski definition) is 3. The van der Waals surface area contributed by atoms with E-state index in [9.17, 15) is 13.5 Å². The Bertz CT molecular complexity index is 440. The highest BCUT2D eigenvalue weighted by molar-refractivity contribution is 7.90. The van der Waals surface area contributed by atoms with Crippen LogP contribution in [0.3, 0.4) is 0 Å². The van der Waals surface area contributed by atoms with Crippen molar-refractivity contribution in [2.24, 2.45) is 0 Å². The molecule has 1 saturated carbocycles. The van der Waals surface area contributed by atoms with E-state index in [1.54, 1.807) is 12.1 Å². The minimum atomic E-state index is -3.26. The molecule has 1 aromatic rings. The SMILES string of the molecule is O=S(=O)(N[C@@H](CO)c1ccccc1)C1CC1. The second-order valence-electron chi connectivity index (χ2n) is 4.01. The first kappa shape index (κ1) is 11.6. The van der Waals surface area contributed by atoms with Gasteiger partial charge in [-0.2, -0.15) is 0 Å². The zero-order valence-electron chi connectivity index (χ0n) is 8.83. The number of sulfonamides is 1. The van der Waals surface area contributed by atoms with Crippen molar-refractivity contribution >= 4 is 10.0 Å². The van der Waals surface area contributed by atoms with Gasteiger partial charge in [-0.1, -0.05) is 30.3 Å². The maximum absolute atomic E-state index is 11.7. The molecule has 0 aliphatic heterocycles. The maximum Gasteiger partial charge on any atom is 0.215 e. The summed E-state index contributed by atoms with van der Waals surface area (Å²) in [5, 5.41) is 8.96. The number of hydrogen-bond donors (Lipinski definition) is 2. The van der Waals surface area contributed by atoms with E-state index in [1.165, 1.54) is 0 Å². The standard InChI is InChI=1S/C11H15NO3S/c13-8-11(9-4-2-1-3-5-9)12-16(14,15)10-6-7-10/h1-5,10-13H,6-8H2/t11-/m0/s1. The van der Waals surface area contributed by atoms with Crippen LogP contribution < -0.4 is 4.72 Å². The molecule has 0 radical (unpaired) electrons. The van der Waals surface area contributed by atoms with Crippen molar-refractivity contribution in [3.05, 3.63) is 35.9 Å². The minimum Gasteiger partial charge on any atom is -0.394 e. The fourth-order valence-electron chi connectivity index (χ4n) is 1.57. The van der Waals surface area contributed by atoms with E-state index in [-0.39, 0.29) is 11.9 Å².